The van der Waals surface area contributed by atoms with Crippen LogP contribution in [0.1, 0.15) is 30.4 Å². The third-order valence-corrected chi connectivity index (χ3v) is 7.66. The first kappa shape index (κ1) is 25.2. The number of hydrogen-bond acceptors (Lipinski definition) is 6. The molecular weight excluding hydrogens is 484 g/mol. The normalized spacial score (nSPS) is 21.3. The van der Waals surface area contributed by atoms with E-state index in [4.69, 9.17) is 4.74 Å². The van der Waals surface area contributed by atoms with Crippen LogP contribution in [0, 0.1) is 6.92 Å². The van der Waals surface area contributed by atoms with Gasteiger partial charge in [-0.05, 0) is 50.8 Å². The van der Waals surface area contributed by atoms with E-state index < -0.39 is 0 Å². The van der Waals surface area contributed by atoms with Crippen molar-refractivity contribution in [3.63, 3.8) is 0 Å². The lowest BCUT2D eigenvalue weighted by Crippen LogP contribution is -2.57. The molecule has 3 aromatic rings. The fourth-order valence-electron chi connectivity index (χ4n) is 4.99. The van der Waals surface area contributed by atoms with Gasteiger partial charge in [-0.1, -0.05) is 60.2 Å². The number of fused-ring (bicyclic) bond motifs is 2. The van der Waals surface area contributed by atoms with Gasteiger partial charge in [0.15, 0.2) is 11.7 Å². The molecule has 2 atom stereocenters. The zero-order valence-electron chi connectivity index (χ0n) is 21.0. The number of aromatic nitrogens is 1. The van der Waals surface area contributed by atoms with Gasteiger partial charge in [-0.2, -0.15) is 0 Å². The highest BCUT2D eigenvalue weighted by molar-refractivity contribution is 7.14. The van der Waals surface area contributed by atoms with Crippen molar-refractivity contribution in [2.24, 2.45) is 0 Å². The maximum atomic E-state index is 13.0. The van der Waals surface area contributed by atoms with Crippen LogP contribution >= 0.6 is 11.3 Å². The van der Waals surface area contributed by atoms with Crippen LogP contribution in [-0.4, -0.2) is 53.5 Å². The van der Waals surface area contributed by atoms with E-state index in [1.807, 2.05) is 41.8 Å². The fraction of sp³-hybridized carbons (Fsp3) is 0.345. The quantitative estimate of drug-likeness (QED) is 0.496. The van der Waals surface area contributed by atoms with Gasteiger partial charge in [-0.25, -0.2) is 4.98 Å². The van der Waals surface area contributed by atoms with Gasteiger partial charge in [0, 0.05) is 23.0 Å². The van der Waals surface area contributed by atoms with Crippen molar-refractivity contribution in [2.75, 3.05) is 25.0 Å². The summed E-state index contributed by atoms with van der Waals surface area (Å²) in [7, 11) is 0. The van der Waals surface area contributed by atoms with Crippen LogP contribution in [0.15, 0.2) is 66.1 Å². The summed E-state index contributed by atoms with van der Waals surface area (Å²) in [6.45, 7) is 3.10. The van der Waals surface area contributed by atoms with E-state index in [9.17, 15) is 9.59 Å². The number of thiazole rings is 1. The molecule has 1 aromatic heterocycles. The van der Waals surface area contributed by atoms with Crippen molar-refractivity contribution < 1.29 is 14.3 Å². The Morgan fingerprint density at radius 2 is 2.03 bits per heavy atom. The summed E-state index contributed by atoms with van der Waals surface area (Å²) < 4.78 is 5.82. The molecule has 5 rings (SSSR count). The Bertz CT molecular complexity index is 1270. The van der Waals surface area contributed by atoms with Crippen LogP contribution in [0.2, 0.25) is 0 Å². The van der Waals surface area contributed by atoms with Crippen LogP contribution in [0.3, 0.4) is 0 Å². The van der Waals surface area contributed by atoms with E-state index >= 15 is 0 Å². The number of likely N-dealkylation sites (tertiary alicyclic amines) is 1. The number of benzene rings is 2. The number of hydrogen-bond donors (Lipinski definition) is 2. The van der Waals surface area contributed by atoms with Gasteiger partial charge >= 0.3 is 0 Å². The highest BCUT2D eigenvalue weighted by atomic mass is 32.1. The molecule has 2 aliphatic heterocycles. The molecule has 0 aliphatic carbocycles. The minimum atomic E-state index is -0.132. The van der Waals surface area contributed by atoms with Crippen LogP contribution in [-0.2, 0) is 16.0 Å². The fourth-order valence-corrected chi connectivity index (χ4v) is 5.72. The number of carbonyl (C=O) groups is 2. The van der Waals surface area contributed by atoms with Gasteiger partial charge in [0.25, 0.3) is 5.91 Å². The lowest BCUT2D eigenvalue weighted by atomic mass is 9.92. The molecule has 37 heavy (non-hydrogen) atoms. The monoisotopic (exact) mass is 516 g/mol. The Hall–Kier alpha value is -3.49. The Balaban J connectivity index is 1.25. The average Bonchev–Trinajstić information content (AvgIpc) is 3.35. The summed E-state index contributed by atoms with van der Waals surface area (Å²) in [6, 6.07) is 16.0. The second-order valence-electron chi connectivity index (χ2n) is 9.61. The number of anilines is 1. The first-order chi connectivity index (χ1) is 18.0. The van der Waals surface area contributed by atoms with E-state index in [0.29, 0.717) is 5.13 Å². The molecule has 2 N–H and O–H groups in total. The molecule has 7 nitrogen and oxygen atoms in total. The Morgan fingerprint density at radius 3 is 2.89 bits per heavy atom. The third-order valence-electron chi connectivity index (χ3n) is 6.90. The number of para-hydroxylation sites is 1. The number of nitrogens with one attached hydrogen (secondary N) is 2. The maximum absolute atomic E-state index is 13.0. The number of nitrogens with zero attached hydrogens (tertiary/aromatic N) is 2. The molecular formula is C29H32N4O3S. The summed E-state index contributed by atoms with van der Waals surface area (Å²) in [5, 5.41) is 8.70. The first-order valence-electron chi connectivity index (χ1n) is 12.8. The van der Waals surface area contributed by atoms with Gasteiger partial charge in [-0.3, -0.25) is 14.5 Å². The Kier molecular flexibility index (Phi) is 7.96. The van der Waals surface area contributed by atoms with Crippen molar-refractivity contribution in [1.29, 1.82) is 0 Å². The predicted octanol–water partition coefficient (Wildman–Crippen LogP) is 4.59. The zero-order chi connectivity index (χ0) is 25.6. The summed E-state index contributed by atoms with van der Waals surface area (Å²) in [6.07, 6.45) is 7.60. The summed E-state index contributed by atoms with van der Waals surface area (Å²) in [4.78, 5) is 32.5. The number of ether oxygens (including phenoxy) is 1. The highest BCUT2D eigenvalue weighted by Crippen LogP contribution is 2.26. The third kappa shape index (κ3) is 6.45. The number of amides is 2. The number of rotatable bonds is 4. The largest absolute Gasteiger partial charge is 0.483 e. The lowest BCUT2D eigenvalue weighted by Gasteiger charge is -2.41. The molecule has 192 valence electrons. The Morgan fingerprint density at radius 1 is 1.19 bits per heavy atom. The molecule has 2 aliphatic rings. The molecule has 0 unspecified atom stereocenters. The van der Waals surface area contributed by atoms with Crippen molar-refractivity contribution >= 4 is 28.3 Å². The second-order valence-corrected chi connectivity index (χ2v) is 10.5. The van der Waals surface area contributed by atoms with Gasteiger partial charge in [-0.15, -0.1) is 11.3 Å². The topological polar surface area (TPSA) is 83.6 Å². The van der Waals surface area contributed by atoms with Gasteiger partial charge in [0.05, 0.1) is 12.2 Å². The van der Waals surface area contributed by atoms with Crippen molar-refractivity contribution in [1.82, 2.24) is 15.2 Å². The first-order valence-corrected chi connectivity index (χ1v) is 13.6. The molecule has 0 saturated carbocycles. The minimum absolute atomic E-state index is 0.0161. The van der Waals surface area contributed by atoms with Gasteiger partial charge in [0.2, 0.25) is 5.91 Å². The number of piperidine rings is 1. The zero-order valence-corrected chi connectivity index (χ0v) is 21.8. The van der Waals surface area contributed by atoms with E-state index in [2.05, 4.69) is 51.7 Å². The second kappa shape index (κ2) is 11.7. The number of allylic oxidation sites excluding steroid dienone is 1. The minimum Gasteiger partial charge on any atom is -0.483 e. The summed E-state index contributed by atoms with van der Waals surface area (Å²) >= 11 is 1.43. The predicted molar refractivity (Wildman–Crippen MR) is 147 cm³/mol. The molecule has 2 amide bonds. The SMILES string of the molecule is Cc1ccc(-c2csc(NC(=O)CN3CCC[C@H]4NC(=O)COc5ccccc5C/C=C/C[C@H]43)n2)cc1. The highest BCUT2D eigenvalue weighted by Gasteiger charge is 2.33. The number of aryl methyl sites for hydroxylation is 1. The van der Waals surface area contributed by atoms with Crippen LogP contribution in [0.25, 0.3) is 11.3 Å². The summed E-state index contributed by atoms with van der Waals surface area (Å²) in [5.74, 6) is 0.519. The van der Waals surface area contributed by atoms with Gasteiger partial charge in [0.1, 0.15) is 5.75 Å². The van der Waals surface area contributed by atoms with Gasteiger partial charge < -0.3 is 15.4 Å². The van der Waals surface area contributed by atoms with E-state index in [1.165, 1.54) is 16.9 Å². The van der Waals surface area contributed by atoms with Crippen molar-refractivity contribution in [3.05, 3.63) is 77.2 Å². The molecule has 0 spiro atoms. The molecule has 8 heteroatoms. The van der Waals surface area contributed by atoms with Crippen LogP contribution in [0.5, 0.6) is 5.75 Å². The Labute approximate surface area is 221 Å². The van der Waals surface area contributed by atoms with E-state index in [0.717, 1.165) is 54.8 Å². The van der Waals surface area contributed by atoms with E-state index in [1.54, 1.807) is 0 Å². The van der Waals surface area contributed by atoms with Crippen LogP contribution < -0.4 is 15.4 Å². The molecule has 3 heterocycles. The molecule has 1 fully saturated rings. The standard InChI is InChI=1S/C29H32N4O3S/c1-20-12-14-21(15-13-20)24-19-37-29(31-24)32-27(34)17-33-16-6-9-23-25(33)10-4-2-7-22-8-3-5-11-26(22)36-18-28(35)30-23/h2-5,8,11-15,19,23,25H,6-7,9-10,16-18H2,1H3,(H,30,35)(H,31,32,34)/b4-2+/t23-,25-/m1/s1. The molecule has 2 aromatic carbocycles. The molecule has 1 saturated heterocycles. The lowest BCUT2D eigenvalue weighted by molar-refractivity contribution is -0.124. The smallest absolute Gasteiger partial charge is 0.258 e. The molecule has 0 radical (unpaired) electrons. The maximum Gasteiger partial charge on any atom is 0.258 e. The van der Waals surface area contributed by atoms with Crippen LogP contribution in [0.4, 0.5) is 5.13 Å². The average molecular weight is 517 g/mol. The summed E-state index contributed by atoms with van der Waals surface area (Å²) in [5.41, 5.74) is 4.14. The van der Waals surface area contributed by atoms with E-state index in [-0.39, 0.29) is 37.0 Å². The number of carbonyl (C=O) groups excluding carboxylic acids is 2. The van der Waals surface area contributed by atoms with Crippen molar-refractivity contribution in [3.8, 4) is 17.0 Å². The molecule has 0 bridgehead atoms. The van der Waals surface area contributed by atoms with Crippen molar-refractivity contribution in [2.45, 2.75) is 44.7 Å².